The van der Waals surface area contributed by atoms with E-state index in [0.29, 0.717) is 0 Å². The Bertz CT molecular complexity index is 159. The maximum absolute atomic E-state index is 8.56. The first-order valence-electron chi connectivity index (χ1n) is 7.71. The minimum atomic E-state index is -1.83. The van der Waals surface area contributed by atoms with Crippen LogP contribution in [0.3, 0.4) is 0 Å². The second-order valence-corrected chi connectivity index (χ2v) is 4.92. The van der Waals surface area contributed by atoms with Gasteiger partial charge in [0.1, 0.15) is 0 Å². The van der Waals surface area contributed by atoms with Crippen molar-refractivity contribution in [3.05, 3.63) is 0 Å². The van der Waals surface area contributed by atoms with Crippen molar-refractivity contribution in [2.75, 3.05) is 13.6 Å². The molecule has 0 aromatic heterocycles. The predicted octanol–water partition coefficient (Wildman–Crippen LogP) is 4.74. The second kappa shape index (κ2) is 19.6. The largest absolute Gasteiger partial charge is 0.503 e. The van der Waals surface area contributed by atoms with E-state index >= 15 is 0 Å². The molecule has 0 bridgehead atoms. The van der Waals surface area contributed by atoms with Crippen LogP contribution in [-0.2, 0) is 0 Å². The summed E-state index contributed by atoms with van der Waals surface area (Å²) < 4.78 is 0. The molecule has 0 heterocycles. The van der Waals surface area contributed by atoms with Gasteiger partial charge in [-0.25, -0.2) is 4.79 Å². The fourth-order valence-electron chi connectivity index (χ4n) is 1.97. The van der Waals surface area contributed by atoms with Gasteiger partial charge >= 0.3 is 6.16 Å². The first-order chi connectivity index (χ1) is 9.15. The second-order valence-electron chi connectivity index (χ2n) is 4.92. The molecule has 0 rings (SSSR count). The maximum Gasteiger partial charge on any atom is 0.503 e. The van der Waals surface area contributed by atoms with E-state index in [1.165, 1.54) is 77.2 Å². The van der Waals surface area contributed by atoms with Crippen LogP contribution in [0.2, 0.25) is 0 Å². The van der Waals surface area contributed by atoms with E-state index in [2.05, 4.69) is 12.2 Å². The van der Waals surface area contributed by atoms with Crippen LogP contribution in [0.4, 0.5) is 4.79 Å². The van der Waals surface area contributed by atoms with Crippen LogP contribution in [0.15, 0.2) is 0 Å². The Morgan fingerprint density at radius 1 is 0.789 bits per heavy atom. The Morgan fingerprint density at radius 2 is 1.11 bits per heavy atom. The Hall–Kier alpha value is -0.770. The van der Waals surface area contributed by atoms with Crippen LogP contribution in [0.25, 0.3) is 0 Å². The van der Waals surface area contributed by atoms with Crippen molar-refractivity contribution in [1.29, 1.82) is 0 Å². The lowest BCUT2D eigenvalue weighted by atomic mass is 10.1. The number of nitrogens with one attached hydrogen (secondary N) is 1. The SMILES string of the molecule is CCCCCCCCCCCCCNC.O=C(O)O. The molecule has 0 aromatic carbocycles. The fraction of sp³-hybridized carbons (Fsp3) is 0.933. The number of hydrogen-bond donors (Lipinski definition) is 3. The lowest BCUT2D eigenvalue weighted by molar-refractivity contribution is 0.137. The molecule has 4 nitrogen and oxygen atoms in total. The van der Waals surface area contributed by atoms with Gasteiger partial charge in [-0.05, 0) is 20.0 Å². The van der Waals surface area contributed by atoms with Gasteiger partial charge in [-0.3, -0.25) is 0 Å². The highest BCUT2D eigenvalue weighted by Gasteiger charge is 1.92. The number of carbonyl (C=O) groups is 1. The predicted molar refractivity (Wildman–Crippen MR) is 81.0 cm³/mol. The standard InChI is InChI=1S/C14H31N.CH2O3/c1-3-4-5-6-7-8-9-10-11-12-13-14-15-2;2-1(3)4/h15H,3-14H2,1-2H3;(H2,2,3,4). The molecule has 0 aliphatic carbocycles. The van der Waals surface area contributed by atoms with E-state index in [1.807, 2.05) is 7.05 Å². The summed E-state index contributed by atoms with van der Waals surface area (Å²) in [5, 5.41) is 17.1. The molecule has 0 aromatic rings. The summed E-state index contributed by atoms with van der Waals surface area (Å²) in [6.07, 6.45) is 14.0. The molecule has 0 saturated heterocycles. The highest BCUT2D eigenvalue weighted by Crippen LogP contribution is 2.10. The monoisotopic (exact) mass is 275 g/mol. The minimum Gasteiger partial charge on any atom is -0.450 e. The van der Waals surface area contributed by atoms with Crippen LogP contribution < -0.4 is 5.32 Å². The van der Waals surface area contributed by atoms with E-state index in [9.17, 15) is 0 Å². The van der Waals surface area contributed by atoms with Crippen LogP contribution in [0.5, 0.6) is 0 Å². The molecule has 4 heteroatoms. The molecule has 0 radical (unpaired) electrons. The van der Waals surface area contributed by atoms with Gasteiger partial charge in [0.2, 0.25) is 0 Å². The van der Waals surface area contributed by atoms with Gasteiger partial charge in [-0.1, -0.05) is 71.1 Å². The number of rotatable bonds is 12. The molecule has 3 N–H and O–H groups in total. The summed E-state index contributed by atoms with van der Waals surface area (Å²) in [5.74, 6) is 0. The van der Waals surface area contributed by atoms with Crippen LogP contribution >= 0.6 is 0 Å². The smallest absolute Gasteiger partial charge is 0.450 e. The van der Waals surface area contributed by atoms with Crippen LogP contribution in [0.1, 0.15) is 77.6 Å². The summed E-state index contributed by atoms with van der Waals surface area (Å²) in [7, 11) is 2.04. The van der Waals surface area contributed by atoms with Crippen molar-refractivity contribution >= 4 is 6.16 Å². The molecule has 0 aliphatic heterocycles. The Balaban J connectivity index is 0. The van der Waals surface area contributed by atoms with E-state index in [-0.39, 0.29) is 0 Å². The molecule has 19 heavy (non-hydrogen) atoms. The third-order valence-electron chi connectivity index (χ3n) is 3.03. The molecular weight excluding hydrogens is 242 g/mol. The van der Waals surface area contributed by atoms with Gasteiger partial charge in [0, 0.05) is 0 Å². The molecule has 0 atom stereocenters. The quantitative estimate of drug-likeness (QED) is 0.450. The first-order valence-corrected chi connectivity index (χ1v) is 7.71. The van der Waals surface area contributed by atoms with Gasteiger partial charge in [-0.2, -0.15) is 0 Å². The molecule has 0 aliphatic rings. The van der Waals surface area contributed by atoms with Crippen molar-refractivity contribution in [1.82, 2.24) is 5.32 Å². The summed E-state index contributed by atoms with van der Waals surface area (Å²) in [4.78, 5) is 8.56. The summed E-state index contributed by atoms with van der Waals surface area (Å²) in [6, 6.07) is 0. The van der Waals surface area contributed by atoms with E-state index in [4.69, 9.17) is 15.0 Å². The first kappa shape index (κ1) is 20.5. The van der Waals surface area contributed by atoms with E-state index in [0.717, 1.165) is 0 Å². The van der Waals surface area contributed by atoms with Crippen molar-refractivity contribution < 1.29 is 15.0 Å². The van der Waals surface area contributed by atoms with E-state index < -0.39 is 6.16 Å². The minimum absolute atomic E-state index is 1.19. The maximum atomic E-state index is 8.56. The summed E-state index contributed by atoms with van der Waals surface area (Å²) in [6.45, 7) is 3.47. The van der Waals surface area contributed by atoms with Crippen molar-refractivity contribution in [2.45, 2.75) is 77.6 Å². The molecule has 0 amide bonds. The fourth-order valence-corrected chi connectivity index (χ4v) is 1.97. The zero-order chi connectivity index (χ0) is 14.8. The van der Waals surface area contributed by atoms with Crippen molar-refractivity contribution in [2.24, 2.45) is 0 Å². The number of unbranched alkanes of at least 4 members (excludes halogenated alkanes) is 10. The van der Waals surface area contributed by atoms with Gasteiger partial charge in [0.25, 0.3) is 0 Å². The molecule has 0 spiro atoms. The van der Waals surface area contributed by atoms with Gasteiger partial charge in [-0.15, -0.1) is 0 Å². The van der Waals surface area contributed by atoms with Gasteiger partial charge < -0.3 is 15.5 Å². The summed E-state index contributed by atoms with van der Waals surface area (Å²) >= 11 is 0. The van der Waals surface area contributed by atoms with Crippen molar-refractivity contribution in [3.63, 3.8) is 0 Å². The molecule has 116 valence electrons. The molecule has 0 saturated carbocycles. The van der Waals surface area contributed by atoms with Crippen LogP contribution in [0, 0.1) is 0 Å². The normalized spacial score (nSPS) is 9.79. The third-order valence-corrected chi connectivity index (χ3v) is 3.03. The third kappa shape index (κ3) is 31.7. The number of hydrogen-bond acceptors (Lipinski definition) is 2. The number of carboxylic acid groups (broad SMARTS) is 2. The Kier molecular flexibility index (Phi) is 21.2. The highest BCUT2D eigenvalue weighted by atomic mass is 16.6. The average molecular weight is 275 g/mol. The van der Waals surface area contributed by atoms with Crippen LogP contribution in [-0.4, -0.2) is 30.0 Å². The molecule has 0 fully saturated rings. The molecular formula is C15H33NO3. The lowest BCUT2D eigenvalue weighted by Crippen LogP contribution is -2.06. The van der Waals surface area contributed by atoms with Crippen molar-refractivity contribution in [3.8, 4) is 0 Å². The van der Waals surface area contributed by atoms with Gasteiger partial charge in [0.05, 0.1) is 0 Å². The van der Waals surface area contributed by atoms with E-state index in [1.54, 1.807) is 0 Å². The lowest BCUT2D eigenvalue weighted by Gasteiger charge is -2.02. The zero-order valence-electron chi connectivity index (χ0n) is 12.8. The topological polar surface area (TPSA) is 69.6 Å². The Labute approximate surface area is 118 Å². The summed E-state index contributed by atoms with van der Waals surface area (Å²) in [5.41, 5.74) is 0. The highest BCUT2D eigenvalue weighted by molar-refractivity contribution is 5.53. The molecule has 0 unspecified atom stereocenters. The van der Waals surface area contributed by atoms with Gasteiger partial charge in [0.15, 0.2) is 0 Å². The average Bonchev–Trinajstić information content (AvgIpc) is 2.35. The zero-order valence-corrected chi connectivity index (χ0v) is 12.8. The Morgan fingerprint density at radius 3 is 1.42 bits per heavy atom.